The number of aryl methyl sites for hydroxylation is 1. The SMILES string of the molecule is Cn1ncc(N2CC3CC(C2)N3c2cc(C3CC3)ncn2)c(Cl)c1=O. The summed E-state index contributed by atoms with van der Waals surface area (Å²) in [6.45, 7) is 1.65. The van der Waals surface area contributed by atoms with Crippen LogP contribution in [0, 0.1) is 0 Å². The van der Waals surface area contributed by atoms with E-state index in [0.29, 0.717) is 18.0 Å². The predicted octanol–water partition coefficient (Wildman–Crippen LogP) is 1.57. The predicted molar refractivity (Wildman–Crippen MR) is 95.4 cm³/mol. The molecule has 5 heterocycles. The smallest absolute Gasteiger partial charge is 0.287 e. The fourth-order valence-electron chi connectivity index (χ4n) is 4.01. The Hall–Kier alpha value is -2.15. The Bertz CT molecular complexity index is 883. The number of hydrogen-bond acceptors (Lipinski definition) is 6. The van der Waals surface area contributed by atoms with Crippen LogP contribution in [-0.2, 0) is 7.05 Å². The summed E-state index contributed by atoms with van der Waals surface area (Å²) in [5, 5.41) is 4.37. The average Bonchev–Trinajstić information content (AvgIpc) is 3.45. The third-order valence-corrected chi connectivity index (χ3v) is 5.88. The molecule has 1 saturated carbocycles. The number of rotatable bonds is 3. The van der Waals surface area contributed by atoms with Crippen LogP contribution in [0.15, 0.2) is 23.4 Å². The largest absolute Gasteiger partial charge is 0.365 e. The molecule has 130 valence electrons. The molecule has 4 fully saturated rings. The molecule has 6 rings (SSSR count). The van der Waals surface area contributed by atoms with Crippen molar-refractivity contribution in [3.63, 3.8) is 0 Å². The molecule has 2 atom stereocenters. The second-order valence-corrected chi connectivity index (χ2v) is 7.58. The molecule has 2 unspecified atom stereocenters. The molecule has 0 radical (unpaired) electrons. The van der Waals surface area contributed by atoms with Crippen molar-refractivity contribution in [3.05, 3.63) is 39.7 Å². The minimum absolute atomic E-state index is 0.250. The van der Waals surface area contributed by atoms with Gasteiger partial charge >= 0.3 is 0 Å². The van der Waals surface area contributed by atoms with Crippen LogP contribution in [-0.4, -0.2) is 44.9 Å². The van der Waals surface area contributed by atoms with Crippen molar-refractivity contribution in [2.45, 2.75) is 37.3 Å². The Morgan fingerprint density at radius 3 is 2.68 bits per heavy atom. The topological polar surface area (TPSA) is 67.2 Å². The van der Waals surface area contributed by atoms with Crippen molar-refractivity contribution >= 4 is 23.1 Å². The highest BCUT2D eigenvalue weighted by molar-refractivity contribution is 6.33. The van der Waals surface area contributed by atoms with Gasteiger partial charge in [-0.25, -0.2) is 14.6 Å². The van der Waals surface area contributed by atoms with E-state index < -0.39 is 0 Å². The number of halogens is 1. The maximum absolute atomic E-state index is 12.0. The number of hydrogen-bond donors (Lipinski definition) is 0. The Morgan fingerprint density at radius 2 is 1.96 bits per heavy atom. The van der Waals surface area contributed by atoms with Gasteiger partial charge in [-0.1, -0.05) is 11.6 Å². The zero-order valence-corrected chi connectivity index (χ0v) is 14.7. The maximum Gasteiger partial charge on any atom is 0.287 e. The van der Waals surface area contributed by atoms with Crippen molar-refractivity contribution in [1.82, 2.24) is 19.7 Å². The van der Waals surface area contributed by atoms with E-state index in [0.717, 1.165) is 31.0 Å². The van der Waals surface area contributed by atoms with Gasteiger partial charge in [0.1, 0.15) is 17.2 Å². The van der Waals surface area contributed by atoms with Crippen LogP contribution in [0.4, 0.5) is 11.5 Å². The minimum atomic E-state index is -0.250. The third kappa shape index (κ3) is 2.40. The van der Waals surface area contributed by atoms with E-state index in [1.165, 1.54) is 23.2 Å². The van der Waals surface area contributed by atoms with E-state index in [1.807, 2.05) is 0 Å². The van der Waals surface area contributed by atoms with Crippen LogP contribution >= 0.6 is 11.6 Å². The highest BCUT2D eigenvalue weighted by Crippen LogP contribution is 2.42. The van der Waals surface area contributed by atoms with Gasteiger partial charge in [0.25, 0.3) is 5.56 Å². The zero-order chi connectivity index (χ0) is 17.1. The molecule has 3 saturated heterocycles. The lowest BCUT2D eigenvalue weighted by molar-refractivity contribution is 0.288. The molecule has 0 amide bonds. The van der Waals surface area contributed by atoms with Gasteiger partial charge in [0.2, 0.25) is 0 Å². The van der Waals surface area contributed by atoms with E-state index in [2.05, 4.69) is 30.9 Å². The van der Waals surface area contributed by atoms with Crippen LogP contribution < -0.4 is 15.4 Å². The van der Waals surface area contributed by atoms with E-state index in [9.17, 15) is 4.79 Å². The third-order valence-electron chi connectivity index (χ3n) is 5.53. The van der Waals surface area contributed by atoms with Gasteiger partial charge < -0.3 is 9.80 Å². The lowest BCUT2D eigenvalue weighted by atomic mass is 9.87. The number of aromatic nitrogens is 4. The van der Waals surface area contributed by atoms with Gasteiger partial charge in [-0.3, -0.25) is 4.79 Å². The molecule has 4 aliphatic rings. The summed E-state index contributed by atoms with van der Waals surface area (Å²) in [4.78, 5) is 25.5. The number of piperazine rings is 1. The lowest BCUT2D eigenvalue weighted by Crippen LogP contribution is -2.69. The van der Waals surface area contributed by atoms with E-state index in [-0.39, 0.29) is 10.6 Å². The number of piperidine rings is 1. The van der Waals surface area contributed by atoms with Gasteiger partial charge in [0.15, 0.2) is 0 Å². The summed E-state index contributed by atoms with van der Waals surface area (Å²) in [5.74, 6) is 1.66. The molecule has 0 N–H and O–H groups in total. The molecule has 7 nitrogen and oxygen atoms in total. The first-order chi connectivity index (χ1) is 12.1. The summed E-state index contributed by atoms with van der Waals surface area (Å²) in [5.41, 5.74) is 1.66. The summed E-state index contributed by atoms with van der Waals surface area (Å²) in [6, 6.07) is 2.93. The molecule has 3 aliphatic heterocycles. The summed E-state index contributed by atoms with van der Waals surface area (Å²) in [6.07, 6.45) is 7.01. The standard InChI is InChI=1S/C17H19ClN6O/c1-22-17(25)16(18)14(6-21-22)23-7-11-4-12(8-23)24(11)15-5-13(10-2-3-10)19-9-20-15/h5-6,9-12H,2-4,7-8H2,1H3. The monoisotopic (exact) mass is 358 g/mol. The van der Waals surface area contributed by atoms with Gasteiger partial charge in [0, 0.05) is 37.8 Å². The first-order valence-electron chi connectivity index (χ1n) is 8.69. The van der Waals surface area contributed by atoms with Crippen LogP contribution in [0.1, 0.15) is 30.9 Å². The minimum Gasteiger partial charge on any atom is -0.365 e. The lowest BCUT2D eigenvalue weighted by Gasteiger charge is -2.57. The molecule has 8 heteroatoms. The number of fused-ring (bicyclic) bond motifs is 2. The average molecular weight is 359 g/mol. The normalized spacial score (nSPS) is 25.0. The summed E-state index contributed by atoms with van der Waals surface area (Å²) < 4.78 is 1.27. The fourth-order valence-corrected chi connectivity index (χ4v) is 4.30. The van der Waals surface area contributed by atoms with Crippen molar-refractivity contribution in [2.24, 2.45) is 7.05 Å². The Balaban J connectivity index is 1.38. The number of nitrogens with zero attached hydrogens (tertiary/aromatic N) is 6. The van der Waals surface area contributed by atoms with Crippen molar-refractivity contribution < 1.29 is 0 Å². The Kier molecular flexibility index (Phi) is 3.28. The molecule has 1 aliphatic carbocycles. The first-order valence-corrected chi connectivity index (χ1v) is 9.06. The molecule has 0 spiro atoms. The quantitative estimate of drug-likeness (QED) is 0.829. The molecule has 2 bridgehead atoms. The van der Waals surface area contributed by atoms with E-state index >= 15 is 0 Å². The summed E-state index contributed by atoms with van der Waals surface area (Å²) >= 11 is 6.26. The molecule has 0 aromatic carbocycles. The zero-order valence-electron chi connectivity index (χ0n) is 14.0. The summed E-state index contributed by atoms with van der Waals surface area (Å²) in [7, 11) is 1.61. The number of anilines is 2. The van der Waals surface area contributed by atoms with Crippen LogP contribution in [0.3, 0.4) is 0 Å². The fraction of sp³-hybridized carbons (Fsp3) is 0.529. The maximum atomic E-state index is 12.0. The molecule has 25 heavy (non-hydrogen) atoms. The van der Waals surface area contributed by atoms with E-state index in [1.54, 1.807) is 19.6 Å². The second-order valence-electron chi connectivity index (χ2n) is 7.20. The molecule has 2 aromatic heterocycles. The van der Waals surface area contributed by atoms with Crippen LogP contribution in [0.25, 0.3) is 0 Å². The molecule has 2 aromatic rings. The van der Waals surface area contributed by atoms with Gasteiger partial charge in [-0.05, 0) is 19.3 Å². The van der Waals surface area contributed by atoms with Crippen molar-refractivity contribution in [2.75, 3.05) is 22.9 Å². The Labute approximate surface area is 150 Å². The molecular formula is C17H19ClN6O. The van der Waals surface area contributed by atoms with Crippen LogP contribution in [0.5, 0.6) is 0 Å². The van der Waals surface area contributed by atoms with Crippen LogP contribution in [0.2, 0.25) is 5.02 Å². The highest BCUT2D eigenvalue weighted by atomic mass is 35.5. The highest BCUT2D eigenvalue weighted by Gasteiger charge is 2.46. The first kappa shape index (κ1) is 15.1. The molecular weight excluding hydrogens is 340 g/mol. The van der Waals surface area contributed by atoms with Gasteiger partial charge in [-0.2, -0.15) is 5.10 Å². The van der Waals surface area contributed by atoms with E-state index in [4.69, 9.17) is 11.6 Å². The van der Waals surface area contributed by atoms with Gasteiger partial charge in [0.05, 0.1) is 24.0 Å². The van der Waals surface area contributed by atoms with Crippen molar-refractivity contribution in [3.8, 4) is 0 Å². The van der Waals surface area contributed by atoms with Gasteiger partial charge in [-0.15, -0.1) is 0 Å². The Morgan fingerprint density at radius 1 is 1.20 bits per heavy atom. The second kappa shape index (κ2) is 5.42. The van der Waals surface area contributed by atoms with Crippen molar-refractivity contribution in [1.29, 1.82) is 0 Å².